The Morgan fingerprint density at radius 2 is 2.22 bits per heavy atom. The molecule has 0 fully saturated rings. The van der Waals surface area contributed by atoms with Crippen LogP contribution in [-0.2, 0) is 6.54 Å². The van der Waals surface area contributed by atoms with Crippen LogP contribution in [0.4, 0.5) is 0 Å². The second-order valence-electron chi connectivity index (χ2n) is 3.79. The molecule has 0 aliphatic carbocycles. The zero-order valence-corrected chi connectivity index (χ0v) is 9.34. The Hall–Kier alpha value is -2.70. The molecule has 1 amide bonds. The Labute approximate surface area is 102 Å². The first-order chi connectivity index (χ1) is 8.83. The lowest BCUT2D eigenvalue weighted by Gasteiger charge is -2.02. The molecule has 7 heteroatoms. The highest BCUT2D eigenvalue weighted by molar-refractivity contribution is 5.97. The van der Waals surface area contributed by atoms with Gasteiger partial charge in [-0.1, -0.05) is 0 Å². The molecule has 0 aliphatic rings. The standard InChI is InChI=1S/C11H10N6O/c18-11(12-5-10-13-6-15-17-10)7-1-2-9-8(3-7)4-14-16-9/h1-4,6H,5H2,(H,12,18)(H,14,16)(H,13,15,17). The summed E-state index contributed by atoms with van der Waals surface area (Å²) in [5.41, 5.74) is 1.49. The maximum atomic E-state index is 11.9. The number of amides is 1. The van der Waals surface area contributed by atoms with Gasteiger partial charge in [0.05, 0.1) is 18.3 Å². The van der Waals surface area contributed by atoms with E-state index in [0.717, 1.165) is 10.9 Å². The van der Waals surface area contributed by atoms with Crippen LogP contribution in [0.25, 0.3) is 10.9 Å². The Balaban J connectivity index is 1.75. The molecule has 0 atom stereocenters. The molecule has 0 spiro atoms. The van der Waals surface area contributed by atoms with Crippen molar-refractivity contribution in [2.75, 3.05) is 0 Å². The van der Waals surface area contributed by atoms with Gasteiger partial charge in [0, 0.05) is 10.9 Å². The number of nitrogens with zero attached hydrogens (tertiary/aromatic N) is 3. The normalized spacial score (nSPS) is 10.7. The van der Waals surface area contributed by atoms with E-state index in [9.17, 15) is 4.79 Å². The quantitative estimate of drug-likeness (QED) is 0.626. The van der Waals surface area contributed by atoms with E-state index < -0.39 is 0 Å². The van der Waals surface area contributed by atoms with Crippen LogP contribution in [0.2, 0.25) is 0 Å². The van der Waals surface area contributed by atoms with Gasteiger partial charge >= 0.3 is 0 Å². The lowest BCUT2D eigenvalue weighted by Crippen LogP contribution is -2.23. The molecule has 2 heterocycles. The third-order valence-corrected chi connectivity index (χ3v) is 2.58. The Kier molecular flexibility index (Phi) is 2.49. The number of carbonyl (C=O) groups is 1. The summed E-state index contributed by atoms with van der Waals surface area (Å²) in [5.74, 6) is 0.460. The van der Waals surface area contributed by atoms with Crippen molar-refractivity contribution in [3.63, 3.8) is 0 Å². The van der Waals surface area contributed by atoms with Crippen molar-refractivity contribution in [2.45, 2.75) is 6.54 Å². The van der Waals surface area contributed by atoms with E-state index >= 15 is 0 Å². The van der Waals surface area contributed by atoms with Crippen molar-refractivity contribution in [3.8, 4) is 0 Å². The number of benzene rings is 1. The molecule has 0 aliphatic heterocycles. The van der Waals surface area contributed by atoms with Crippen molar-refractivity contribution in [2.24, 2.45) is 0 Å². The van der Waals surface area contributed by atoms with E-state index in [-0.39, 0.29) is 5.91 Å². The van der Waals surface area contributed by atoms with Crippen molar-refractivity contribution in [3.05, 3.63) is 42.1 Å². The first-order valence-electron chi connectivity index (χ1n) is 5.38. The minimum Gasteiger partial charge on any atom is -0.345 e. The van der Waals surface area contributed by atoms with Crippen molar-refractivity contribution >= 4 is 16.8 Å². The van der Waals surface area contributed by atoms with Gasteiger partial charge in [-0.05, 0) is 18.2 Å². The zero-order valence-electron chi connectivity index (χ0n) is 9.34. The second kappa shape index (κ2) is 4.28. The van der Waals surface area contributed by atoms with Crippen molar-refractivity contribution < 1.29 is 4.79 Å². The predicted molar refractivity (Wildman–Crippen MR) is 63.6 cm³/mol. The van der Waals surface area contributed by atoms with Crippen LogP contribution in [0.5, 0.6) is 0 Å². The van der Waals surface area contributed by atoms with E-state index in [1.807, 2.05) is 6.07 Å². The van der Waals surface area contributed by atoms with E-state index in [1.54, 1.807) is 18.3 Å². The van der Waals surface area contributed by atoms with Gasteiger partial charge in [0.25, 0.3) is 5.91 Å². The summed E-state index contributed by atoms with van der Waals surface area (Å²) in [6.07, 6.45) is 3.08. The summed E-state index contributed by atoms with van der Waals surface area (Å²) in [5, 5.41) is 16.8. The highest BCUT2D eigenvalue weighted by Gasteiger charge is 2.07. The SMILES string of the molecule is O=C(NCc1ncn[nH]1)c1ccc2[nH]ncc2c1. The molecule has 0 radical (unpaired) electrons. The summed E-state index contributed by atoms with van der Waals surface area (Å²) in [6, 6.07) is 5.36. The van der Waals surface area contributed by atoms with Gasteiger partial charge in [0.1, 0.15) is 12.2 Å². The second-order valence-corrected chi connectivity index (χ2v) is 3.79. The van der Waals surface area contributed by atoms with Gasteiger partial charge in [0.2, 0.25) is 0 Å². The molecule has 0 bridgehead atoms. The average Bonchev–Trinajstić information content (AvgIpc) is 3.05. The number of hydrogen-bond acceptors (Lipinski definition) is 4. The van der Waals surface area contributed by atoms with Crippen LogP contribution in [0.15, 0.2) is 30.7 Å². The molecule has 3 N–H and O–H groups in total. The van der Waals surface area contributed by atoms with Gasteiger partial charge in [-0.3, -0.25) is 15.0 Å². The lowest BCUT2D eigenvalue weighted by atomic mass is 10.1. The van der Waals surface area contributed by atoms with Gasteiger partial charge in [-0.2, -0.15) is 10.2 Å². The fourth-order valence-corrected chi connectivity index (χ4v) is 1.67. The summed E-state index contributed by atoms with van der Waals surface area (Å²) in [7, 11) is 0. The molecule has 18 heavy (non-hydrogen) atoms. The van der Waals surface area contributed by atoms with Crippen LogP contribution in [-0.4, -0.2) is 31.3 Å². The van der Waals surface area contributed by atoms with Crippen molar-refractivity contribution in [1.29, 1.82) is 0 Å². The molecule has 0 unspecified atom stereocenters. The number of carbonyl (C=O) groups excluding carboxylic acids is 1. The molecule has 0 saturated carbocycles. The molecular weight excluding hydrogens is 232 g/mol. The maximum absolute atomic E-state index is 11.9. The van der Waals surface area contributed by atoms with Crippen LogP contribution >= 0.6 is 0 Å². The fourth-order valence-electron chi connectivity index (χ4n) is 1.67. The van der Waals surface area contributed by atoms with E-state index in [1.165, 1.54) is 6.33 Å². The molecular formula is C11H10N6O. The highest BCUT2D eigenvalue weighted by atomic mass is 16.1. The van der Waals surface area contributed by atoms with Gasteiger partial charge in [-0.25, -0.2) is 4.98 Å². The van der Waals surface area contributed by atoms with E-state index in [0.29, 0.717) is 17.9 Å². The molecule has 90 valence electrons. The number of nitrogens with one attached hydrogen (secondary N) is 3. The zero-order chi connectivity index (χ0) is 12.4. The number of hydrogen-bond donors (Lipinski definition) is 3. The highest BCUT2D eigenvalue weighted by Crippen LogP contribution is 2.12. The first-order valence-corrected chi connectivity index (χ1v) is 5.38. The Morgan fingerprint density at radius 1 is 1.28 bits per heavy atom. The Bertz CT molecular complexity index is 672. The lowest BCUT2D eigenvalue weighted by molar-refractivity contribution is 0.0950. The molecule has 2 aromatic heterocycles. The monoisotopic (exact) mass is 242 g/mol. The fraction of sp³-hybridized carbons (Fsp3) is 0.0909. The number of rotatable bonds is 3. The summed E-state index contributed by atoms with van der Waals surface area (Å²) >= 11 is 0. The summed E-state index contributed by atoms with van der Waals surface area (Å²) in [4.78, 5) is 15.8. The minimum atomic E-state index is -0.158. The van der Waals surface area contributed by atoms with Crippen LogP contribution < -0.4 is 5.32 Å². The van der Waals surface area contributed by atoms with E-state index in [2.05, 4.69) is 30.7 Å². The molecule has 1 aromatic carbocycles. The molecule has 3 rings (SSSR count). The van der Waals surface area contributed by atoms with Gasteiger partial charge in [0.15, 0.2) is 0 Å². The Morgan fingerprint density at radius 3 is 3.06 bits per heavy atom. The van der Waals surface area contributed by atoms with Crippen molar-refractivity contribution in [1.82, 2.24) is 30.7 Å². The topological polar surface area (TPSA) is 99.4 Å². The maximum Gasteiger partial charge on any atom is 0.251 e. The third kappa shape index (κ3) is 1.93. The van der Waals surface area contributed by atoms with Crippen LogP contribution in [0.3, 0.4) is 0 Å². The van der Waals surface area contributed by atoms with Crippen LogP contribution in [0.1, 0.15) is 16.2 Å². The van der Waals surface area contributed by atoms with E-state index in [4.69, 9.17) is 0 Å². The minimum absolute atomic E-state index is 0.158. The number of fused-ring (bicyclic) bond motifs is 1. The predicted octanol–water partition coefficient (Wildman–Crippen LogP) is 0.611. The molecule has 7 nitrogen and oxygen atoms in total. The smallest absolute Gasteiger partial charge is 0.251 e. The number of aromatic amines is 2. The summed E-state index contributed by atoms with van der Waals surface area (Å²) in [6.45, 7) is 0.322. The molecule has 0 saturated heterocycles. The average molecular weight is 242 g/mol. The van der Waals surface area contributed by atoms with Gasteiger partial charge < -0.3 is 5.32 Å². The largest absolute Gasteiger partial charge is 0.345 e. The number of H-pyrrole nitrogens is 2. The third-order valence-electron chi connectivity index (χ3n) is 2.58. The van der Waals surface area contributed by atoms with Gasteiger partial charge in [-0.15, -0.1) is 0 Å². The first kappa shape index (κ1) is 10.5. The molecule has 3 aromatic rings. The number of aromatic nitrogens is 5. The summed E-state index contributed by atoms with van der Waals surface area (Å²) < 4.78 is 0. The van der Waals surface area contributed by atoms with Crippen LogP contribution in [0, 0.1) is 0 Å².